The van der Waals surface area contributed by atoms with Gasteiger partial charge in [-0.25, -0.2) is 4.90 Å². The average molecular weight is 444 g/mol. The fraction of sp³-hybridized carbons (Fsp3) is 0.0690. The van der Waals surface area contributed by atoms with Gasteiger partial charge in [0.25, 0.3) is 11.8 Å². The molecule has 0 aromatic heterocycles. The minimum atomic E-state index is -0.379. The number of rotatable bonds is 5. The lowest BCUT2D eigenvalue weighted by molar-refractivity contribution is 0.0926. The highest BCUT2D eigenvalue weighted by molar-refractivity contribution is 6.34. The molecule has 1 aliphatic rings. The molecule has 0 saturated carbocycles. The number of imide groups is 1. The lowest BCUT2D eigenvalue weighted by atomic mass is 9.99. The van der Waals surface area contributed by atoms with Crippen molar-refractivity contribution in [1.29, 1.82) is 5.26 Å². The maximum absolute atomic E-state index is 13.3. The monoisotopic (exact) mass is 444 g/mol. The van der Waals surface area contributed by atoms with Gasteiger partial charge in [0.05, 0.1) is 28.4 Å². The molecule has 5 heteroatoms. The minimum Gasteiger partial charge on any atom is -0.489 e. The first-order valence-electron chi connectivity index (χ1n) is 10.9. The highest BCUT2D eigenvalue weighted by Gasteiger charge is 2.38. The van der Waals surface area contributed by atoms with Crippen LogP contribution >= 0.6 is 0 Å². The summed E-state index contributed by atoms with van der Waals surface area (Å²) in [5, 5.41) is 9.27. The van der Waals surface area contributed by atoms with Crippen LogP contribution in [0.2, 0.25) is 0 Å². The van der Waals surface area contributed by atoms with E-state index in [0.717, 1.165) is 22.3 Å². The molecule has 0 saturated heterocycles. The fourth-order valence-electron chi connectivity index (χ4n) is 4.24. The Labute approximate surface area is 197 Å². The predicted molar refractivity (Wildman–Crippen MR) is 130 cm³/mol. The van der Waals surface area contributed by atoms with Crippen LogP contribution in [0.4, 0.5) is 5.69 Å². The summed E-state index contributed by atoms with van der Waals surface area (Å²) >= 11 is 0. The van der Waals surface area contributed by atoms with E-state index in [2.05, 4.69) is 6.07 Å². The van der Waals surface area contributed by atoms with E-state index in [1.54, 1.807) is 36.4 Å². The van der Waals surface area contributed by atoms with Gasteiger partial charge in [0.1, 0.15) is 12.4 Å². The number of hydrogen-bond donors (Lipinski definition) is 0. The van der Waals surface area contributed by atoms with Crippen LogP contribution in [0.25, 0.3) is 11.1 Å². The van der Waals surface area contributed by atoms with Crippen molar-refractivity contribution in [2.45, 2.75) is 13.5 Å². The summed E-state index contributed by atoms with van der Waals surface area (Å²) in [6.45, 7) is 2.11. The van der Waals surface area contributed by atoms with Gasteiger partial charge in [-0.3, -0.25) is 9.59 Å². The predicted octanol–water partition coefficient (Wildman–Crippen LogP) is 5.91. The molecule has 1 heterocycles. The van der Waals surface area contributed by atoms with Crippen molar-refractivity contribution < 1.29 is 14.3 Å². The summed E-state index contributed by atoms with van der Waals surface area (Å²) in [6, 6.07) is 29.7. The highest BCUT2D eigenvalue weighted by atomic mass is 16.5. The SMILES string of the molecule is Cc1c(-c2ccccc2)cccc1N1C(=O)c2ccc(OCc3ccccc3C#N)cc2C1=O. The third-order valence-corrected chi connectivity index (χ3v) is 6.02. The molecule has 0 unspecified atom stereocenters. The second kappa shape index (κ2) is 8.68. The second-order valence-electron chi connectivity index (χ2n) is 8.03. The lowest BCUT2D eigenvalue weighted by Gasteiger charge is -2.19. The molecule has 2 amide bonds. The molecular weight excluding hydrogens is 424 g/mol. The largest absolute Gasteiger partial charge is 0.489 e. The van der Waals surface area contributed by atoms with Crippen molar-refractivity contribution in [3.63, 3.8) is 0 Å². The summed E-state index contributed by atoms with van der Waals surface area (Å²) < 4.78 is 5.85. The van der Waals surface area contributed by atoms with E-state index in [1.807, 2.05) is 61.5 Å². The fourth-order valence-corrected chi connectivity index (χ4v) is 4.24. The average Bonchev–Trinajstić information content (AvgIpc) is 3.12. The Morgan fingerprint density at radius 3 is 2.32 bits per heavy atom. The molecule has 0 atom stereocenters. The number of fused-ring (bicyclic) bond motifs is 1. The zero-order valence-electron chi connectivity index (χ0n) is 18.5. The molecule has 164 valence electrons. The molecule has 4 aromatic carbocycles. The third-order valence-electron chi connectivity index (χ3n) is 6.02. The lowest BCUT2D eigenvalue weighted by Crippen LogP contribution is -2.30. The van der Waals surface area contributed by atoms with E-state index in [0.29, 0.717) is 28.1 Å². The van der Waals surface area contributed by atoms with Crippen molar-refractivity contribution in [1.82, 2.24) is 0 Å². The number of nitriles is 1. The minimum absolute atomic E-state index is 0.187. The van der Waals surface area contributed by atoms with Crippen LogP contribution in [0.3, 0.4) is 0 Å². The van der Waals surface area contributed by atoms with Crippen LogP contribution < -0.4 is 9.64 Å². The van der Waals surface area contributed by atoms with Gasteiger partial charge >= 0.3 is 0 Å². The number of ether oxygens (including phenoxy) is 1. The van der Waals surface area contributed by atoms with Crippen LogP contribution in [-0.2, 0) is 6.61 Å². The number of nitrogens with zero attached hydrogens (tertiary/aromatic N) is 2. The van der Waals surface area contributed by atoms with Crippen molar-refractivity contribution in [2.75, 3.05) is 4.90 Å². The van der Waals surface area contributed by atoms with Gasteiger partial charge in [0.2, 0.25) is 0 Å². The van der Waals surface area contributed by atoms with Crippen molar-refractivity contribution in [3.05, 3.63) is 119 Å². The van der Waals surface area contributed by atoms with E-state index >= 15 is 0 Å². The molecule has 0 bridgehead atoms. The molecule has 0 aliphatic carbocycles. The van der Waals surface area contributed by atoms with Crippen LogP contribution in [0, 0.1) is 18.3 Å². The summed E-state index contributed by atoms with van der Waals surface area (Å²) in [6.07, 6.45) is 0. The van der Waals surface area contributed by atoms with Crippen LogP contribution in [0.1, 0.15) is 37.4 Å². The molecule has 0 fully saturated rings. The maximum Gasteiger partial charge on any atom is 0.266 e. The first kappa shape index (κ1) is 21.2. The molecule has 0 spiro atoms. The van der Waals surface area contributed by atoms with Gasteiger partial charge < -0.3 is 4.74 Å². The highest BCUT2D eigenvalue weighted by Crippen LogP contribution is 2.36. The van der Waals surface area contributed by atoms with Gasteiger partial charge in [-0.05, 0) is 53.9 Å². The molecule has 1 aliphatic heterocycles. The quantitative estimate of drug-likeness (QED) is 0.359. The first-order valence-corrected chi connectivity index (χ1v) is 10.9. The Morgan fingerprint density at radius 1 is 0.794 bits per heavy atom. The van der Waals surface area contributed by atoms with Crippen LogP contribution in [0.5, 0.6) is 5.75 Å². The second-order valence-corrected chi connectivity index (χ2v) is 8.03. The Hall–Kier alpha value is -4.69. The zero-order valence-corrected chi connectivity index (χ0v) is 18.5. The van der Waals surface area contributed by atoms with Crippen LogP contribution in [0.15, 0.2) is 91.0 Å². The Morgan fingerprint density at radius 2 is 1.53 bits per heavy atom. The molecular formula is C29H20N2O3. The number of hydrogen-bond acceptors (Lipinski definition) is 4. The van der Waals surface area contributed by atoms with Crippen molar-refractivity contribution in [3.8, 4) is 22.9 Å². The topological polar surface area (TPSA) is 70.4 Å². The standard InChI is InChI=1S/C29H20N2O3/c1-19-24(20-8-3-2-4-9-20)12-7-13-27(19)31-28(32)25-15-14-23(16-26(25)29(31)33)34-18-22-11-6-5-10-21(22)17-30/h2-16H,18H2,1H3. The van der Waals surface area contributed by atoms with E-state index in [9.17, 15) is 14.9 Å². The van der Waals surface area contributed by atoms with Gasteiger partial charge in [-0.15, -0.1) is 0 Å². The summed E-state index contributed by atoms with van der Waals surface area (Å²) in [4.78, 5) is 27.8. The van der Waals surface area contributed by atoms with Gasteiger partial charge in [-0.2, -0.15) is 5.26 Å². The third kappa shape index (κ3) is 3.62. The normalized spacial score (nSPS) is 12.4. The van der Waals surface area contributed by atoms with Gasteiger partial charge in [-0.1, -0.05) is 60.7 Å². The molecule has 0 N–H and O–H groups in total. The molecule has 34 heavy (non-hydrogen) atoms. The summed E-state index contributed by atoms with van der Waals surface area (Å²) in [5.74, 6) is -0.268. The molecule has 4 aromatic rings. The Balaban J connectivity index is 1.44. The number of carbonyl (C=O) groups is 2. The van der Waals surface area contributed by atoms with E-state index in [-0.39, 0.29) is 18.4 Å². The summed E-state index contributed by atoms with van der Waals surface area (Å²) in [7, 11) is 0. The number of anilines is 1. The molecule has 5 rings (SSSR count). The molecule has 5 nitrogen and oxygen atoms in total. The molecule has 0 radical (unpaired) electrons. The Kier molecular flexibility index (Phi) is 5.41. The van der Waals surface area contributed by atoms with Crippen molar-refractivity contribution >= 4 is 17.5 Å². The Bertz CT molecular complexity index is 1470. The van der Waals surface area contributed by atoms with E-state index < -0.39 is 0 Å². The zero-order chi connectivity index (χ0) is 23.7. The smallest absolute Gasteiger partial charge is 0.266 e. The van der Waals surface area contributed by atoms with Gasteiger partial charge in [0, 0.05) is 5.56 Å². The first-order chi connectivity index (χ1) is 16.6. The van der Waals surface area contributed by atoms with E-state index in [4.69, 9.17) is 4.74 Å². The van der Waals surface area contributed by atoms with Crippen LogP contribution in [-0.4, -0.2) is 11.8 Å². The number of carbonyl (C=O) groups excluding carboxylic acids is 2. The van der Waals surface area contributed by atoms with Gasteiger partial charge in [0.15, 0.2) is 0 Å². The number of amides is 2. The maximum atomic E-state index is 13.3. The summed E-state index contributed by atoms with van der Waals surface area (Å²) in [5.41, 5.74) is 5.35. The van der Waals surface area contributed by atoms with E-state index in [1.165, 1.54) is 4.90 Å². The van der Waals surface area contributed by atoms with Crippen molar-refractivity contribution in [2.24, 2.45) is 0 Å². The number of benzene rings is 4.